The van der Waals surface area contributed by atoms with Crippen molar-refractivity contribution in [3.8, 4) is 0 Å². The van der Waals surface area contributed by atoms with Gasteiger partial charge < -0.3 is 5.32 Å². The third-order valence-corrected chi connectivity index (χ3v) is 5.88. The zero-order valence-corrected chi connectivity index (χ0v) is 17.7. The first-order valence-corrected chi connectivity index (χ1v) is 10.7. The lowest BCUT2D eigenvalue weighted by Crippen LogP contribution is -2.42. The highest BCUT2D eigenvalue weighted by molar-refractivity contribution is 7.11. The van der Waals surface area contributed by atoms with E-state index in [0.29, 0.717) is 19.0 Å². The smallest absolute Gasteiger partial charge is 0.325 e. The van der Waals surface area contributed by atoms with Crippen LogP contribution in [-0.2, 0) is 17.8 Å². The second kappa shape index (κ2) is 9.34. The second-order valence-corrected chi connectivity index (χ2v) is 9.21. The van der Waals surface area contributed by atoms with Gasteiger partial charge in [-0.05, 0) is 43.4 Å². The summed E-state index contributed by atoms with van der Waals surface area (Å²) in [6, 6.07) is 13.9. The van der Waals surface area contributed by atoms with Gasteiger partial charge in [0.2, 0.25) is 0 Å². The summed E-state index contributed by atoms with van der Waals surface area (Å²) in [6.45, 7) is 8.06. The molecule has 0 spiro atoms. The van der Waals surface area contributed by atoms with E-state index in [1.54, 1.807) is 11.3 Å². The van der Waals surface area contributed by atoms with E-state index in [0.717, 1.165) is 19.5 Å². The van der Waals surface area contributed by atoms with E-state index in [2.05, 4.69) is 55.3 Å². The van der Waals surface area contributed by atoms with Crippen molar-refractivity contribution in [3.05, 3.63) is 57.8 Å². The highest BCUT2D eigenvalue weighted by Gasteiger charge is 2.38. The molecule has 1 aromatic carbocycles. The molecular weight excluding hydrogens is 370 g/mol. The molecular formula is C22H29N3O2S. The zero-order valence-electron chi connectivity index (χ0n) is 16.9. The normalized spacial score (nSPS) is 17.0. The predicted octanol–water partition coefficient (Wildman–Crippen LogP) is 4.03. The van der Waals surface area contributed by atoms with E-state index >= 15 is 0 Å². The van der Waals surface area contributed by atoms with Gasteiger partial charge in [-0.25, -0.2) is 9.69 Å². The summed E-state index contributed by atoms with van der Waals surface area (Å²) in [4.78, 5) is 31.2. The van der Waals surface area contributed by atoms with Gasteiger partial charge >= 0.3 is 6.03 Å². The Morgan fingerprint density at radius 1 is 1.14 bits per heavy atom. The maximum Gasteiger partial charge on any atom is 0.325 e. The Bertz CT molecular complexity index is 803. The number of benzene rings is 1. The SMILES string of the molecule is Cc1ccc(CN(CCc2ccccc2)CN2C(=O)NC(CC(C)C)C2=O)s1. The van der Waals surface area contributed by atoms with Gasteiger partial charge in [0, 0.05) is 22.8 Å². The molecule has 2 heterocycles. The molecule has 1 aliphatic heterocycles. The molecule has 2 aromatic rings. The van der Waals surface area contributed by atoms with Crippen LogP contribution >= 0.6 is 11.3 Å². The monoisotopic (exact) mass is 399 g/mol. The molecule has 150 valence electrons. The van der Waals surface area contributed by atoms with Crippen molar-refractivity contribution in [3.63, 3.8) is 0 Å². The Morgan fingerprint density at radius 3 is 2.54 bits per heavy atom. The Labute approximate surface area is 171 Å². The Kier molecular flexibility index (Phi) is 6.86. The summed E-state index contributed by atoms with van der Waals surface area (Å²) in [5, 5.41) is 2.85. The van der Waals surface area contributed by atoms with E-state index in [-0.39, 0.29) is 11.9 Å². The fraction of sp³-hybridized carbons (Fsp3) is 0.455. The minimum absolute atomic E-state index is 0.106. The standard InChI is InChI=1S/C22H29N3O2S/c1-16(2)13-20-21(26)25(22(27)23-20)15-24(14-19-10-9-17(3)28-19)12-11-18-7-5-4-6-8-18/h4-10,16,20H,11-15H2,1-3H3,(H,23,27). The zero-order chi connectivity index (χ0) is 20.1. The molecule has 0 bridgehead atoms. The highest BCUT2D eigenvalue weighted by atomic mass is 32.1. The predicted molar refractivity (Wildman–Crippen MR) is 113 cm³/mol. The van der Waals surface area contributed by atoms with E-state index < -0.39 is 6.04 Å². The van der Waals surface area contributed by atoms with Crippen LogP contribution < -0.4 is 5.32 Å². The lowest BCUT2D eigenvalue weighted by Gasteiger charge is -2.26. The average Bonchev–Trinajstić information content (AvgIpc) is 3.18. The molecule has 0 radical (unpaired) electrons. The van der Waals surface area contributed by atoms with Crippen LogP contribution in [0.4, 0.5) is 4.79 Å². The molecule has 1 saturated heterocycles. The molecule has 0 aliphatic carbocycles. The van der Waals surface area contributed by atoms with Crippen molar-refractivity contribution >= 4 is 23.3 Å². The molecule has 1 aromatic heterocycles. The maximum absolute atomic E-state index is 12.7. The number of rotatable bonds is 9. The number of urea groups is 1. The molecule has 5 nitrogen and oxygen atoms in total. The number of nitrogens with one attached hydrogen (secondary N) is 1. The van der Waals surface area contributed by atoms with Crippen LogP contribution in [0, 0.1) is 12.8 Å². The summed E-state index contributed by atoms with van der Waals surface area (Å²) >= 11 is 1.76. The largest absolute Gasteiger partial charge is 0.326 e. The third-order valence-electron chi connectivity index (χ3n) is 4.89. The number of carbonyl (C=O) groups is 2. The summed E-state index contributed by atoms with van der Waals surface area (Å²) in [5.74, 6) is 0.253. The molecule has 3 amide bonds. The molecule has 0 saturated carbocycles. The van der Waals surface area contributed by atoms with Crippen LogP contribution in [0.3, 0.4) is 0 Å². The molecule has 28 heavy (non-hydrogen) atoms. The van der Waals surface area contributed by atoms with Crippen molar-refractivity contribution in [2.45, 2.75) is 46.2 Å². The number of hydrogen-bond donors (Lipinski definition) is 1. The molecule has 6 heteroatoms. The molecule has 1 fully saturated rings. The summed E-state index contributed by atoms with van der Waals surface area (Å²) in [6.07, 6.45) is 1.56. The van der Waals surface area contributed by atoms with Crippen molar-refractivity contribution < 1.29 is 9.59 Å². The number of imide groups is 1. The van der Waals surface area contributed by atoms with Gasteiger partial charge in [-0.1, -0.05) is 44.2 Å². The fourth-order valence-electron chi connectivity index (χ4n) is 3.46. The fourth-order valence-corrected chi connectivity index (χ4v) is 4.40. The topological polar surface area (TPSA) is 52.6 Å². The first-order chi connectivity index (χ1) is 13.4. The summed E-state index contributed by atoms with van der Waals surface area (Å²) < 4.78 is 0. The first-order valence-electron chi connectivity index (χ1n) is 9.86. The average molecular weight is 400 g/mol. The third kappa shape index (κ3) is 5.42. The number of amides is 3. The van der Waals surface area contributed by atoms with Crippen LogP contribution in [0.5, 0.6) is 0 Å². The molecule has 1 N–H and O–H groups in total. The quantitative estimate of drug-likeness (QED) is 0.648. The Balaban J connectivity index is 1.68. The van der Waals surface area contributed by atoms with Crippen LogP contribution in [-0.4, -0.2) is 41.0 Å². The number of aryl methyl sites for hydroxylation is 1. The summed E-state index contributed by atoms with van der Waals surface area (Å²) in [5.41, 5.74) is 1.25. The maximum atomic E-state index is 12.7. The van der Waals surface area contributed by atoms with Crippen molar-refractivity contribution in [1.29, 1.82) is 0 Å². The van der Waals surface area contributed by atoms with Crippen LogP contribution in [0.15, 0.2) is 42.5 Å². The van der Waals surface area contributed by atoms with Crippen LogP contribution in [0.25, 0.3) is 0 Å². The van der Waals surface area contributed by atoms with Gasteiger partial charge in [-0.3, -0.25) is 9.69 Å². The summed E-state index contributed by atoms with van der Waals surface area (Å²) in [7, 11) is 0. The van der Waals surface area contributed by atoms with Crippen LogP contribution in [0.1, 0.15) is 35.6 Å². The Morgan fingerprint density at radius 2 is 1.89 bits per heavy atom. The Hall–Kier alpha value is -2.18. The van der Waals surface area contributed by atoms with Crippen molar-refractivity contribution in [2.75, 3.05) is 13.2 Å². The van der Waals surface area contributed by atoms with Gasteiger partial charge in [0.1, 0.15) is 6.04 Å². The van der Waals surface area contributed by atoms with E-state index in [1.807, 2.05) is 18.2 Å². The van der Waals surface area contributed by atoms with E-state index in [1.165, 1.54) is 20.2 Å². The van der Waals surface area contributed by atoms with E-state index in [9.17, 15) is 9.59 Å². The lowest BCUT2D eigenvalue weighted by molar-refractivity contribution is -0.129. The molecule has 1 aliphatic rings. The van der Waals surface area contributed by atoms with Crippen molar-refractivity contribution in [1.82, 2.24) is 15.1 Å². The van der Waals surface area contributed by atoms with Gasteiger partial charge in [0.05, 0.1) is 6.67 Å². The minimum Gasteiger partial charge on any atom is -0.326 e. The van der Waals surface area contributed by atoms with Gasteiger partial charge in [-0.15, -0.1) is 11.3 Å². The van der Waals surface area contributed by atoms with Gasteiger partial charge in [-0.2, -0.15) is 0 Å². The molecule has 1 unspecified atom stereocenters. The lowest BCUT2D eigenvalue weighted by atomic mass is 10.0. The molecule has 3 rings (SSSR count). The van der Waals surface area contributed by atoms with Crippen LogP contribution in [0.2, 0.25) is 0 Å². The first kappa shape index (κ1) is 20.6. The molecule has 1 atom stereocenters. The number of thiophene rings is 1. The van der Waals surface area contributed by atoms with Gasteiger partial charge in [0.15, 0.2) is 0 Å². The van der Waals surface area contributed by atoms with Gasteiger partial charge in [0.25, 0.3) is 5.91 Å². The minimum atomic E-state index is -0.396. The second-order valence-electron chi connectivity index (χ2n) is 7.84. The highest BCUT2D eigenvalue weighted by Crippen LogP contribution is 2.20. The van der Waals surface area contributed by atoms with E-state index in [4.69, 9.17) is 0 Å². The number of carbonyl (C=O) groups excluding carboxylic acids is 2. The number of hydrogen-bond acceptors (Lipinski definition) is 4. The van der Waals surface area contributed by atoms with Crippen molar-refractivity contribution in [2.24, 2.45) is 5.92 Å². The number of nitrogens with zero attached hydrogens (tertiary/aromatic N) is 2.